The highest BCUT2D eigenvalue weighted by molar-refractivity contribution is 5.76. The minimum Gasteiger partial charge on any atom is -0.496 e. The fourth-order valence-corrected chi connectivity index (χ4v) is 2.17. The van der Waals surface area contributed by atoms with Crippen molar-refractivity contribution in [2.45, 2.75) is 46.1 Å². The molecule has 0 fully saturated rings. The van der Waals surface area contributed by atoms with E-state index in [4.69, 9.17) is 4.74 Å². The highest BCUT2D eigenvalue weighted by atomic mass is 16.5. The molecule has 3 heteroatoms. The molecule has 0 saturated carbocycles. The Bertz CT molecular complexity index is 425. The van der Waals surface area contributed by atoms with Crippen molar-refractivity contribution >= 4 is 5.91 Å². The lowest BCUT2D eigenvalue weighted by molar-refractivity contribution is -0.123. The molecule has 1 rings (SSSR count). The molecule has 0 unspecified atom stereocenters. The van der Waals surface area contributed by atoms with Gasteiger partial charge in [0.05, 0.1) is 7.11 Å². The lowest BCUT2D eigenvalue weighted by atomic mass is 9.93. The van der Waals surface area contributed by atoms with E-state index in [2.05, 4.69) is 5.32 Å². The maximum Gasteiger partial charge on any atom is 0.220 e. The Morgan fingerprint density at radius 3 is 2.53 bits per heavy atom. The van der Waals surface area contributed by atoms with E-state index in [1.165, 1.54) is 0 Å². The van der Waals surface area contributed by atoms with Crippen LogP contribution in [0.2, 0.25) is 0 Å². The van der Waals surface area contributed by atoms with E-state index in [0.29, 0.717) is 12.3 Å². The van der Waals surface area contributed by atoms with Crippen LogP contribution in [0.15, 0.2) is 24.3 Å². The summed E-state index contributed by atoms with van der Waals surface area (Å²) in [6.07, 6.45) is 1.32. The van der Waals surface area contributed by atoms with Gasteiger partial charge in [0.2, 0.25) is 5.91 Å². The monoisotopic (exact) mass is 263 g/mol. The van der Waals surface area contributed by atoms with Gasteiger partial charge in [0, 0.05) is 12.0 Å². The van der Waals surface area contributed by atoms with Gasteiger partial charge in [0.1, 0.15) is 5.75 Å². The highest BCUT2D eigenvalue weighted by Gasteiger charge is 2.22. The van der Waals surface area contributed by atoms with Crippen LogP contribution in [-0.4, -0.2) is 18.6 Å². The first kappa shape index (κ1) is 15.5. The van der Waals surface area contributed by atoms with Crippen molar-refractivity contribution in [2.75, 3.05) is 7.11 Å². The zero-order valence-corrected chi connectivity index (χ0v) is 12.6. The van der Waals surface area contributed by atoms with Gasteiger partial charge in [-0.3, -0.25) is 4.79 Å². The number of carbonyl (C=O) groups excluding carboxylic acids is 1. The second-order valence-electron chi connectivity index (χ2n) is 6.02. The number of hydrogen-bond donors (Lipinski definition) is 1. The summed E-state index contributed by atoms with van der Waals surface area (Å²) < 4.78 is 5.35. The first-order valence-electron chi connectivity index (χ1n) is 6.77. The van der Waals surface area contributed by atoms with Crippen LogP contribution in [0, 0.1) is 5.92 Å². The Morgan fingerprint density at radius 2 is 1.95 bits per heavy atom. The normalized spacial score (nSPS) is 11.5. The fourth-order valence-electron chi connectivity index (χ4n) is 2.17. The number of hydrogen-bond acceptors (Lipinski definition) is 2. The molecule has 0 saturated heterocycles. The minimum absolute atomic E-state index is 0.106. The molecule has 0 aliphatic carbocycles. The molecule has 3 nitrogen and oxygen atoms in total. The van der Waals surface area contributed by atoms with Gasteiger partial charge in [-0.2, -0.15) is 0 Å². The van der Waals surface area contributed by atoms with E-state index in [1.807, 2.05) is 52.0 Å². The van der Waals surface area contributed by atoms with E-state index in [0.717, 1.165) is 17.7 Å². The Labute approximate surface area is 116 Å². The van der Waals surface area contributed by atoms with E-state index in [-0.39, 0.29) is 11.4 Å². The molecule has 0 aliphatic heterocycles. The number of methoxy groups -OCH3 is 1. The van der Waals surface area contributed by atoms with Crippen LogP contribution >= 0.6 is 0 Å². The van der Waals surface area contributed by atoms with Gasteiger partial charge in [-0.15, -0.1) is 0 Å². The SMILES string of the molecule is COc1ccccc1CC(C)(C)NC(=O)CC(C)C. The van der Waals surface area contributed by atoms with Crippen molar-refractivity contribution in [1.29, 1.82) is 0 Å². The first-order chi connectivity index (χ1) is 8.84. The van der Waals surface area contributed by atoms with Gasteiger partial charge in [-0.1, -0.05) is 32.0 Å². The summed E-state index contributed by atoms with van der Waals surface area (Å²) in [5, 5.41) is 3.09. The summed E-state index contributed by atoms with van der Waals surface area (Å²) in [6.45, 7) is 8.18. The standard InChI is InChI=1S/C16H25NO2/c1-12(2)10-15(18)17-16(3,4)11-13-8-6-7-9-14(13)19-5/h6-9,12H,10-11H2,1-5H3,(H,17,18). The molecule has 0 radical (unpaired) electrons. The summed E-state index contributed by atoms with van der Waals surface area (Å²) in [6, 6.07) is 7.92. The second kappa shape index (κ2) is 6.60. The number of amides is 1. The average molecular weight is 263 g/mol. The van der Waals surface area contributed by atoms with Crippen molar-refractivity contribution in [2.24, 2.45) is 5.92 Å². The fraction of sp³-hybridized carbons (Fsp3) is 0.562. The third kappa shape index (κ3) is 5.33. The summed E-state index contributed by atoms with van der Waals surface area (Å²) in [5.41, 5.74) is 0.834. The van der Waals surface area contributed by atoms with E-state index < -0.39 is 0 Å². The quantitative estimate of drug-likeness (QED) is 0.856. The number of para-hydroxylation sites is 1. The van der Waals surface area contributed by atoms with Crippen molar-refractivity contribution in [3.8, 4) is 5.75 Å². The molecular weight excluding hydrogens is 238 g/mol. The minimum atomic E-state index is -0.277. The summed E-state index contributed by atoms with van der Waals surface area (Å²) >= 11 is 0. The molecule has 1 aromatic rings. The summed E-state index contributed by atoms with van der Waals surface area (Å²) in [7, 11) is 1.67. The van der Waals surface area contributed by atoms with E-state index in [9.17, 15) is 4.79 Å². The third-order valence-electron chi connectivity index (χ3n) is 2.90. The van der Waals surface area contributed by atoms with Crippen molar-refractivity contribution in [1.82, 2.24) is 5.32 Å². The molecule has 0 heterocycles. The number of ether oxygens (including phenoxy) is 1. The Morgan fingerprint density at radius 1 is 1.32 bits per heavy atom. The maximum atomic E-state index is 11.9. The van der Waals surface area contributed by atoms with Crippen LogP contribution < -0.4 is 10.1 Å². The van der Waals surface area contributed by atoms with Gasteiger partial charge >= 0.3 is 0 Å². The van der Waals surface area contributed by atoms with Gasteiger partial charge in [-0.05, 0) is 37.8 Å². The lowest BCUT2D eigenvalue weighted by Crippen LogP contribution is -2.45. The third-order valence-corrected chi connectivity index (χ3v) is 2.90. The topological polar surface area (TPSA) is 38.3 Å². The van der Waals surface area contributed by atoms with Crippen LogP contribution in [-0.2, 0) is 11.2 Å². The maximum absolute atomic E-state index is 11.9. The predicted octanol–water partition coefficient (Wildman–Crippen LogP) is 3.18. The van der Waals surface area contributed by atoms with E-state index >= 15 is 0 Å². The molecule has 0 bridgehead atoms. The summed E-state index contributed by atoms with van der Waals surface area (Å²) in [4.78, 5) is 11.9. The molecule has 0 aromatic heterocycles. The van der Waals surface area contributed by atoms with Crippen LogP contribution in [0.5, 0.6) is 5.75 Å². The summed E-state index contributed by atoms with van der Waals surface area (Å²) in [5.74, 6) is 1.35. The number of carbonyl (C=O) groups is 1. The molecular formula is C16H25NO2. The van der Waals surface area contributed by atoms with Gasteiger partial charge in [-0.25, -0.2) is 0 Å². The van der Waals surface area contributed by atoms with Crippen molar-refractivity contribution in [3.63, 3.8) is 0 Å². The Kier molecular flexibility index (Phi) is 5.40. The molecule has 0 aliphatic rings. The molecule has 1 amide bonds. The van der Waals surface area contributed by atoms with Crippen LogP contribution in [0.25, 0.3) is 0 Å². The zero-order valence-electron chi connectivity index (χ0n) is 12.6. The molecule has 106 valence electrons. The van der Waals surface area contributed by atoms with Gasteiger partial charge < -0.3 is 10.1 Å². The van der Waals surface area contributed by atoms with Crippen LogP contribution in [0.3, 0.4) is 0 Å². The Hall–Kier alpha value is -1.51. The zero-order chi connectivity index (χ0) is 14.5. The predicted molar refractivity (Wildman–Crippen MR) is 78.4 cm³/mol. The smallest absolute Gasteiger partial charge is 0.220 e. The molecule has 1 N–H and O–H groups in total. The van der Waals surface area contributed by atoms with Crippen molar-refractivity contribution in [3.05, 3.63) is 29.8 Å². The van der Waals surface area contributed by atoms with Crippen LogP contribution in [0.1, 0.15) is 39.7 Å². The molecule has 19 heavy (non-hydrogen) atoms. The van der Waals surface area contributed by atoms with Crippen LogP contribution in [0.4, 0.5) is 0 Å². The number of rotatable bonds is 6. The second-order valence-corrected chi connectivity index (χ2v) is 6.02. The largest absolute Gasteiger partial charge is 0.496 e. The molecule has 0 spiro atoms. The lowest BCUT2D eigenvalue weighted by Gasteiger charge is -2.27. The average Bonchev–Trinajstić information content (AvgIpc) is 2.26. The number of nitrogens with one attached hydrogen (secondary N) is 1. The molecule has 0 atom stereocenters. The number of benzene rings is 1. The highest BCUT2D eigenvalue weighted by Crippen LogP contribution is 2.22. The van der Waals surface area contributed by atoms with Gasteiger partial charge in [0.15, 0.2) is 0 Å². The van der Waals surface area contributed by atoms with Gasteiger partial charge in [0.25, 0.3) is 0 Å². The first-order valence-corrected chi connectivity index (χ1v) is 6.77. The molecule has 1 aromatic carbocycles. The van der Waals surface area contributed by atoms with Crippen molar-refractivity contribution < 1.29 is 9.53 Å². The van der Waals surface area contributed by atoms with E-state index in [1.54, 1.807) is 7.11 Å². The Balaban J connectivity index is 2.70.